The fraction of sp³-hybridized carbons (Fsp3) is 0.462. The van der Waals surface area contributed by atoms with Gasteiger partial charge in [-0.3, -0.25) is 4.79 Å². The molecule has 0 aromatic heterocycles. The van der Waals surface area contributed by atoms with Crippen LogP contribution < -0.4 is 0 Å². The van der Waals surface area contributed by atoms with Gasteiger partial charge in [0.15, 0.2) is 0 Å². The molecule has 1 saturated heterocycles. The first-order valence-electron chi connectivity index (χ1n) is 5.64. The molecule has 16 heavy (non-hydrogen) atoms. The Morgan fingerprint density at radius 2 is 2.25 bits per heavy atom. The van der Waals surface area contributed by atoms with Crippen molar-refractivity contribution in [3.05, 3.63) is 33.8 Å². The Hall–Kier alpha value is -0.830. The molecule has 1 aromatic carbocycles. The van der Waals surface area contributed by atoms with Gasteiger partial charge in [-0.2, -0.15) is 0 Å². The van der Waals surface area contributed by atoms with Crippen molar-refractivity contribution < 1.29 is 4.79 Å². The molecule has 2 rings (SSSR count). The van der Waals surface area contributed by atoms with E-state index in [0.29, 0.717) is 5.92 Å². The minimum Gasteiger partial charge on any atom is -0.338 e. The Kier molecular flexibility index (Phi) is 3.33. The van der Waals surface area contributed by atoms with E-state index in [1.54, 1.807) is 0 Å². The van der Waals surface area contributed by atoms with E-state index in [4.69, 9.17) is 0 Å². The van der Waals surface area contributed by atoms with Crippen LogP contribution in [0.1, 0.15) is 29.3 Å². The normalized spacial score (nSPS) is 20.2. The van der Waals surface area contributed by atoms with Gasteiger partial charge in [0, 0.05) is 23.1 Å². The van der Waals surface area contributed by atoms with Crippen molar-refractivity contribution in [2.75, 3.05) is 13.1 Å². The molecule has 1 unspecified atom stereocenters. The maximum Gasteiger partial charge on any atom is 0.254 e. The summed E-state index contributed by atoms with van der Waals surface area (Å²) in [6.07, 6.45) is 1.12. The third-order valence-corrected chi connectivity index (χ3v) is 4.07. The number of benzene rings is 1. The van der Waals surface area contributed by atoms with Gasteiger partial charge in [0.1, 0.15) is 0 Å². The minimum absolute atomic E-state index is 0.170. The van der Waals surface area contributed by atoms with E-state index < -0.39 is 0 Å². The van der Waals surface area contributed by atoms with Crippen LogP contribution in [-0.4, -0.2) is 23.9 Å². The van der Waals surface area contributed by atoms with Crippen LogP contribution in [0.3, 0.4) is 0 Å². The van der Waals surface area contributed by atoms with Crippen LogP contribution >= 0.6 is 15.9 Å². The van der Waals surface area contributed by atoms with Crippen LogP contribution in [0, 0.1) is 12.8 Å². The van der Waals surface area contributed by atoms with Crippen molar-refractivity contribution in [3.63, 3.8) is 0 Å². The first-order chi connectivity index (χ1) is 7.59. The molecule has 0 N–H and O–H groups in total. The van der Waals surface area contributed by atoms with E-state index in [9.17, 15) is 4.79 Å². The van der Waals surface area contributed by atoms with Gasteiger partial charge in [-0.15, -0.1) is 0 Å². The Balaban J connectivity index is 2.24. The second-order valence-electron chi connectivity index (χ2n) is 4.56. The second-order valence-corrected chi connectivity index (χ2v) is 5.41. The maximum atomic E-state index is 12.3. The van der Waals surface area contributed by atoms with Crippen molar-refractivity contribution in [3.8, 4) is 0 Å². The van der Waals surface area contributed by atoms with Gasteiger partial charge in [-0.25, -0.2) is 0 Å². The van der Waals surface area contributed by atoms with E-state index >= 15 is 0 Å². The zero-order valence-electron chi connectivity index (χ0n) is 9.66. The number of carbonyl (C=O) groups excluding carboxylic acids is 1. The highest BCUT2D eigenvalue weighted by Gasteiger charge is 2.25. The molecule has 1 fully saturated rings. The Labute approximate surface area is 105 Å². The topological polar surface area (TPSA) is 20.3 Å². The summed E-state index contributed by atoms with van der Waals surface area (Å²) >= 11 is 3.46. The zero-order valence-corrected chi connectivity index (χ0v) is 11.3. The van der Waals surface area contributed by atoms with Crippen molar-refractivity contribution in [1.82, 2.24) is 4.90 Å². The van der Waals surface area contributed by atoms with Crippen molar-refractivity contribution in [2.45, 2.75) is 20.3 Å². The molecular formula is C13H16BrNO. The molecule has 1 heterocycles. The summed E-state index contributed by atoms with van der Waals surface area (Å²) in [5.74, 6) is 0.805. The number of hydrogen-bond donors (Lipinski definition) is 0. The molecule has 1 amide bonds. The summed E-state index contributed by atoms with van der Waals surface area (Å²) in [7, 11) is 0. The molecule has 1 aromatic rings. The highest BCUT2D eigenvalue weighted by molar-refractivity contribution is 9.10. The second kappa shape index (κ2) is 4.58. The van der Waals surface area contributed by atoms with Gasteiger partial charge in [-0.1, -0.05) is 28.9 Å². The fourth-order valence-electron chi connectivity index (χ4n) is 2.13. The van der Waals surface area contributed by atoms with Crippen LogP contribution in [0.2, 0.25) is 0 Å². The van der Waals surface area contributed by atoms with Gasteiger partial charge in [0.05, 0.1) is 0 Å². The number of carbonyl (C=O) groups is 1. The average molecular weight is 282 g/mol. The molecule has 0 aliphatic carbocycles. The number of amides is 1. The largest absolute Gasteiger partial charge is 0.338 e. The van der Waals surface area contributed by atoms with E-state index in [2.05, 4.69) is 22.9 Å². The van der Waals surface area contributed by atoms with Crippen molar-refractivity contribution in [1.29, 1.82) is 0 Å². The maximum absolute atomic E-state index is 12.3. The molecular weight excluding hydrogens is 266 g/mol. The van der Waals surface area contributed by atoms with Gasteiger partial charge in [-0.05, 0) is 37.0 Å². The van der Waals surface area contributed by atoms with Crippen LogP contribution in [0.25, 0.3) is 0 Å². The monoisotopic (exact) mass is 281 g/mol. The van der Waals surface area contributed by atoms with Crippen molar-refractivity contribution in [2.24, 2.45) is 5.92 Å². The van der Waals surface area contributed by atoms with Crippen molar-refractivity contribution >= 4 is 21.8 Å². The smallest absolute Gasteiger partial charge is 0.254 e. The summed E-state index contributed by atoms with van der Waals surface area (Å²) in [6, 6.07) is 5.80. The highest BCUT2D eigenvalue weighted by atomic mass is 79.9. The first-order valence-corrected chi connectivity index (χ1v) is 6.43. The number of rotatable bonds is 1. The summed E-state index contributed by atoms with van der Waals surface area (Å²) in [5.41, 5.74) is 1.86. The van der Waals surface area contributed by atoms with Crippen LogP contribution in [0.4, 0.5) is 0 Å². The van der Waals surface area contributed by atoms with E-state index in [-0.39, 0.29) is 5.91 Å². The van der Waals surface area contributed by atoms with Crippen LogP contribution in [0.5, 0.6) is 0 Å². The predicted octanol–water partition coefficient (Wildman–Crippen LogP) is 3.24. The Morgan fingerprint density at radius 1 is 1.50 bits per heavy atom. The standard InChI is InChI=1S/C13H16BrNO/c1-9-6-7-15(8-9)13(16)11-4-3-5-12(14)10(11)2/h3-5,9H,6-8H2,1-2H3. The molecule has 1 atom stereocenters. The lowest BCUT2D eigenvalue weighted by atomic mass is 10.1. The summed E-state index contributed by atoms with van der Waals surface area (Å²) < 4.78 is 1.01. The Morgan fingerprint density at radius 3 is 2.88 bits per heavy atom. The fourth-order valence-corrected chi connectivity index (χ4v) is 2.50. The Bertz CT molecular complexity index is 416. The third-order valence-electron chi connectivity index (χ3n) is 3.21. The lowest BCUT2D eigenvalue weighted by molar-refractivity contribution is 0.0787. The summed E-state index contributed by atoms with van der Waals surface area (Å²) in [5, 5.41) is 0. The average Bonchev–Trinajstić information content (AvgIpc) is 2.68. The first kappa shape index (κ1) is 11.6. The molecule has 86 valence electrons. The lowest BCUT2D eigenvalue weighted by Crippen LogP contribution is -2.29. The van der Waals surface area contributed by atoms with Gasteiger partial charge < -0.3 is 4.90 Å². The number of nitrogens with zero attached hydrogens (tertiary/aromatic N) is 1. The number of halogens is 1. The van der Waals surface area contributed by atoms with Crippen LogP contribution in [-0.2, 0) is 0 Å². The van der Waals surface area contributed by atoms with Gasteiger partial charge in [0.25, 0.3) is 5.91 Å². The summed E-state index contributed by atoms with van der Waals surface area (Å²) in [6.45, 7) is 5.97. The van der Waals surface area contributed by atoms with Crippen LogP contribution in [0.15, 0.2) is 22.7 Å². The quantitative estimate of drug-likeness (QED) is 0.774. The molecule has 0 saturated carbocycles. The van der Waals surface area contributed by atoms with Gasteiger partial charge in [0.2, 0.25) is 0 Å². The summed E-state index contributed by atoms with van der Waals surface area (Å²) in [4.78, 5) is 14.2. The predicted molar refractivity (Wildman–Crippen MR) is 68.6 cm³/mol. The molecule has 0 spiro atoms. The number of likely N-dealkylation sites (tertiary alicyclic amines) is 1. The molecule has 2 nitrogen and oxygen atoms in total. The number of hydrogen-bond acceptors (Lipinski definition) is 1. The third kappa shape index (κ3) is 2.14. The minimum atomic E-state index is 0.170. The SMILES string of the molecule is Cc1c(Br)cccc1C(=O)N1CCC(C)C1. The zero-order chi connectivity index (χ0) is 11.7. The highest BCUT2D eigenvalue weighted by Crippen LogP contribution is 2.23. The van der Waals surface area contributed by atoms with E-state index in [1.807, 2.05) is 30.0 Å². The van der Waals surface area contributed by atoms with E-state index in [0.717, 1.165) is 35.1 Å². The molecule has 1 aliphatic rings. The lowest BCUT2D eigenvalue weighted by Gasteiger charge is -2.17. The molecule has 0 bridgehead atoms. The molecule has 0 radical (unpaired) electrons. The van der Waals surface area contributed by atoms with E-state index in [1.165, 1.54) is 0 Å². The molecule has 3 heteroatoms. The van der Waals surface area contributed by atoms with Gasteiger partial charge >= 0.3 is 0 Å². The molecule has 1 aliphatic heterocycles.